The zero-order valence-electron chi connectivity index (χ0n) is 10.0. The van der Waals surface area contributed by atoms with Gasteiger partial charge in [0.25, 0.3) is 0 Å². The van der Waals surface area contributed by atoms with Crippen molar-refractivity contribution in [3.05, 3.63) is 0 Å². The SMILES string of the molecule is CN(C)B(C(C)(C)C)C(C)(C)C. The molecule has 0 heterocycles. The normalized spacial score (nSPS) is 13.8. The second-order valence-corrected chi connectivity index (χ2v) is 6.10. The predicted molar refractivity (Wildman–Crippen MR) is 58.9 cm³/mol. The Bertz CT molecular complexity index is 125. The van der Waals surface area contributed by atoms with Gasteiger partial charge in [-0.25, -0.2) is 0 Å². The summed E-state index contributed by atoms with van der Waals surface area (Å²) >= 11 is 0. The Morgan fingerprint density at radius 1 is 0.750 bits per heavy atom. The summed E-state index contributed by atoms with van der Waals surface area (Å²) in [6.07, 6.45) is 0. The molecule has 0 saturated heterocycles. The summed E-state index contributed by atoms with van der Waals surface area (Å²) in [6, 6.07) is 0. The zero-order chi connectivity index (χ0) is 10.2. The van der Waals surface area contributed by atoms with Crippen molar-refractivity contribution in [2.24, 2.45) is 0 Å². The molecule has 0 spiro atoms. The van der Waals surface area contributed by atoms with Gasteiger partial charge in [-0.05, 0) is 24.7 Å². The Balaban J connectivity index is 4.70. The lowest BCUT2D eigenvalue weighted by Crippen LogP contribution is -2.47. The number of hydrogen-bond acceptors (Lipinski definition) is 1. The average molecular weight is 169 g/mol. The fraction of sp³-hybridized carbons (Fsp3) is 1.00. The van der Waals surface area contributed by atoms with Crippen molar-refractivity contribution in [2.75, 3.05) is 14.1 Å². The van der Waals surface area contributed by atoms with Crippen molar-refractivity contribution in [3.8, 4) is 0 Å². The molecule has 1 nitrogen and oxygen atoms in total. The van der Waals surface area contributed by atoms with Gasteiger partial charge in [-0.2, -0.15) is 0 Å². The van der Waals surface area contributed by atoms with Crippen molar-refractivity contribution >= 4 is 6.85 Å². The van der Waals surface area contributed by atoms with Crippen LogP contribution in [-0.2, 0) is 0 Å². The molecule has 0 fully saturated rings. The van der Waals surface area contributed by atoms with Crippen molar-refractivity contribution in [3.63, 3.8) is 0 Å². The number of hydrogen-bond donors (Lipinski definition) is 0. The van der Waals surface area contributed by atoms with Gasteiger partial charge < -0.3 is 4.81 Å². The Morgan fingerprint density at radius 2 is 1.00 bits per heavy atom. The van der Waals surface area contributed by atoms with Gasteiger partial charge >= 0.3 is 0 Å². The van der Waals surface area contributed by atoms with Crippen molar-refractivity contribution < 1.29 is 0 Å². The molecule has 0 saturated carbocycles. The van der Waals surface area contributed by atoms with Gasteiger partial charge in [0.2, 0.25) is 6.85 Å². The van der Waals surface area contributed by atoms with E-state index in [1.807, 2.05) is 0 Å². The molecule has 0 aliphatic heterocycles. The Kier molecular flexibility index (Phi) is 3.42. The molecule has 72 valence electrons. The largest absolute Gasteiger partial charge is 0.347 e. The Morgan fingerprint density at radius 3 is 1.00 bits per heavy atom. The Labute approximate surface area is 78.6 Å². The molecule has 12 heavy (non-hydrogen) atoms. The first-order valence-electron chi connectivity index (χ1n) is 4.73. The van der Waals surface area contributed by atoms with Gasteiger partial charge in [0.15, 0.2) is 0 Å². The molecule has 0 N–H and O–H groups in total. The van der Waals surface area contributed by atoms with Crippen LogP contribution >= 0.6 is 0 Å². The first-order chi connectivity index (χ1) is 5.07. The molecular formula is C10H24BN. The quantitative estimate of drug-likeness (QED) is 0.545. The van der Waals surface area contributed by atoms with Crippen LogP contribution in [0.3, 0.4) is 0 Å². The minimum atomic E-state index is 0.349. The summed E-state index contributed by atoms with van der Waals surface area (Å²) < 4.78 is 0. The molecule has 0 radical (unpaired) electrons. The summed E-state index contributed by atoms with van der Waals surface area (Å²) in [5.74, 6) is 0. The van der Waals surface area contributed by atoms with Gasteiger partial charge in [-0.15, -0.1) is 0 Å². The number of rotatable bonds is 1. The highest BCUT2D eigenvalue weighted by Gasteiger charge is 2.40. The molecule has 0 aliphatic rings. The molecule has 0 rings (SSSR count). The summed E-state index contributed by atoms with van der Waals surface area (Å²) in [5, 5.41) is 0.698. The van der Waals surface area contributed by atoms with E-state index in [4.69, 9.17) is 0 Å². The van der Waals surface area contributed by atoms with Gasteiger partial charge in [-0.1, -0.05) is 41.5 Å². The molecule has 0 aromatic rings. The van der Waals surface area contributed by atoms with Crippen LogP contribution in [0.25, 0.3) is 0 Å². The van der Waals surface area contributed by atoms with Gasteiger partial charge in [-0.3, -0.25) is 0 Å². The van der Waals surface area contributed by atoms with E-state index in [0.29, 0.717) is 17.5 Å². The highest BCUT2D eigenvalue weighted by Crippen LogP contribution is 2.42. The lowest BCUT2D eigenvalue weighted by molar-refractivity contribution is 0.512. The van der Waals surface area contributed by atoms with Crippen LogP contribution in [0.1, 0.15) is 41.5 Å². The maximum absolute atomic E-state index is 2.33. The molecule has 0 bridgehead atoms. The third-order valence-electron chi connectivity index (χ3n) is 2.16. The zero-order valence-corrected chi connectivity index (χ0v) is 10.0. The second-order valence-electron chi connectivity index (χ2n) is 6.10. The molecule has 0 aliphatic carbocycles. The molecule has 0 amide bonds. The van der Waals surface area contributed by atoms with Crippen molar-refractivity contribution in [1.29, 1.82) is 0 Å². The third kappa shape index (κ3) is 3.18. The van der Waals surface area contributed by atoms with E-state index in [0.717, 1.165) is 0 Å². The van der Waals surface area contributed by atoms with E-state index in [2.05, 4.69) is 60.4 Å². The molecule has 2 heteroatoms. The highest BCUT2D eigenvalue weighted by atomic mass is 15.0. The molecule has 0 atom stereocenters. The van der Waals surface area contributed by atoms with E-state index in [1.165, 1.54) is 0 Å². The van der Waals surface area contributed by atoms with E-state index >= 15 is 0 Å². The number of nitrogens with zero attached hydrogens (tertiary/aromatic N) is 1. The Hall–Kier alpha value is 0.0249. The van der Waals surface area contributed by atoms with E-state index < -0.39 is 0 Å². The smallest absolute Gasteiger partial charge is 0.234 e. The fourth-order valence-electron chi connectivity index (χ4n) is 2.85. The topological polar surface area (TPSA) is 3.24 Å². The van der Waals surface area contributed by atoms with Crippen molar-refractivity contribution in [2.45, 2.75) is 52.2 Å². The first-order valence-corrected chi connectivity index (χ1v) is 4.73. The summed E-state index contributed by atoms with van der Waals surface area (Å²) in [4.78, 5) is 2.33. The van der Waals surface area contributed by atoms with E-state index in [1.54, 1.807) is 0 Å². The highest BCUT2D eigenvalue weighted by molar-refractivity contribution is 6.62. The van der Waals surface area contributed by atoms with Crippen LogP contribution in [0.4, 0.5) is 0 Å². The van der Waals surface area contributed by atoms with Gasteiger partial charge in [0, 0.05) is 0 Å². The third-order valence-corrected chi connectivity index (χ3v) is 2.16. The summed E-state index contributed by atoms with van der Waals surface area (Å²) in [5.41, 5.74) is 0. The molecule has 0 unspecified atom stereocenters. The minimum Gasteiger partial charge on any atom is -0.347 e. The fourth-order valence-corrected chi connectivity index (χ4v) is 2.85. The van der Waals surface area contributed by atoms with Gasteiger partial charge in [0.1, 0.15) is 0 Å². The van der Waals surface area contributed by atoms with E-state index in [9.17, 15) is 0 Å². The average Bonchev–Trinajstić information content (AvgIpc) is 1.49. The van der Waals surface area contributed by atoms with Crippen molar-refractivity contribution in [1.82, 2.24) is 4.81 Å². The van der Waals surface area contributed by atoms with Crippen LogP contribution < -0.4 is 0 Å². The first kappa shape index (κ1) is 12.0. The lowest BCUT2D eigenvalue weighted by atomic mass is 9.31. The monoisotopic (exact) mass is 169 g/mol. The molecule has 0 aromatic carbocycles. The van der Waals surface area contributed by atoms with Gasteiger partial charge in [0.05, 0.1) is 0 Å². The maximum atomic E-state index is 2.33. The molecular weight excluding hydrogens is 145 g/mol. The lowest BCUT2D eigenvalue weighted by Gasteiger charge is -2.41. The van der Waals surface area contributed by atoms with Crippen LogP contribution in [0.2, 0.25) is 10.6 Å². The predicted octanol–water partition coefficient (Wildman–Crippen LogP) is 3.14. The second kappa shape index (κ2) is 3.41. The van der Waals surface area contributed by atoms with E-state index in [-0.39, 0.29) is 0 Å². The summed E-state index contributed by atoms with van der Waals surface area (Å²) in [7, 11) is 4.34. The van der Waals surface area contributed by atoms with Crippen LogP contribution in [0.5, 0.6) is 0 Å². The summed E-state index contributed by atoms with van der Waals surface area (Å²) in [6.45, 7) is 14.5. The molecule has 0 aromatic heterocycles. The standard InChI is InChI=1S/C10H24BN/c1-9(2,3)11(12(7)8)10(4,5)6/h1-8H3. The van der Waals surface area contributed by atoms with Crippen LogP contribution in [0.15, 0.2) is 0 Å². The van der Waals surface area contributed by atoms with Crippen LogP contribution in [-0.4, -0.2) is 25.8 Å². The van der Waals surface area contributed by atoms with Crippen LogP contribution in [0, 0.1) is 0 Å². The minimum absolute atomic E-state index is 0.349. The maximum Gasteiger partial charge on any atom is 0.234 e.